The van der Waals surface area contributed by atoms with Crippen LogP contribution in [0, 0.1) is 0 Å². The predicted octanol–water partition coefficient (Wildman–Crippen LogP) is 5.04. The zero-order valence-electron chi connectivity index (χ0n) is 22.5. The Morgan fingerprint density at radius 1 is 0.974 bits per heavy atom. The number of amides is 1. The van der Waals surface area contributed by atoms with Gasteiger partial charge in [0.1, 0.15) is 0 Å². The van der Waals surface area contributed by atoms with Crippen molar-refractivity contribution in [3.05, 3.63) is 78.4 Å². The molecule has 4 rings (SSSR count). The number of methoxy groups -OCH3 is 2. The van der Waals surface area contributed by atoms with Gasteiger partial charge in [0, 0.05) is 30.0 Å². The highest BCUT2D eigenvalue weighted by atomic mass is 32.2. The van der Waals surface area contributed by atoms with Crippen LogP contribution in [0.1, 0.15) is 19.4 Å². The standard InChI is InChI=1S/C29H32N6O3S/c1-5-34(6-2)23-15-12-21(13-16-23)19-30-31-27(36)20-39-29-33-32-28(35(29)24-10-8-7-9-11-24)22-14-17-25(37-3)26(18-22)38-4/h7-19H,5-6,20H2,1-4H3,(H,31,36)/b30-19-. The topological polar surface area (TPSA) is 93.9 Å². The molecule has 1 amide bonds. The maximum Gasteiger partial charge on any atom is 0.250 e. The molecule has 0 radical (unpaired) electrons. The molecule has 0 saturated heterocycles. The number of hydrogen-bond acceptors (Lipinski definition) is 8. The van der Waals surface area contributed by atoms with Gasteiger partial charge in [-0.15, -0.1) is 10.2 Å². The average molecular weight is 545 g/mol. The average Bonchev–Trinajstić information content (AvgIpc) is 3.41. The number of hydrazone groups is 1. The predicted molar refractivity (Wildman–Crippen MR) is 156 cm³/mol. The summed E-state index contributed by atoms with van der Waals surface area (Å²) in [5.74, 6) is 1.71. The lowest BCUT2D eigenvalue weighted by atomic mass is 10.2. The molecule has 0 aliphatic carbocycles. The third-order valence-corrected chi connectivity index (χ3v) is 6.98. The number of hydrogen-bond donors (Lipinski definition) is 1. The summed E-state index contributed by atoms with van der Waals surface area (Å²) < 4.78 is 12.8. The first-order valence-electron chi connectivity index (χ1n) is 12.6. The van der Waals surface area contributed by atoms with E-state index in [1.54, 1.807) is 20.4 Å². The zero-order chi connectivity index (χ0) is 27.6. The summed E-state index contributed by atoms with van der Waals surface area (Å²) in [6, 6.07) is 23.4. The fraction of sp³-hybridized carbons (Fsp3) is 0.241. The highest BCUT2D eigenvalue weighted by molar-refractivity contribution is 7.99. The molecule has 0 spiro atoms. The number of nitrogens with zero attached hydrogens (tertiary/aromatic N) is 5. The van der Waals surface area contributed by atoms with E-state index in [0.717, 1.165) is 35.6 Å². The summed E-state index contributed by atoms with van der Waals surface area (Å²) >= 11 is 1.28. The third kappa shape index (κ3) is 6.77. The van der Waals surface area contributed by atoms with Crippen molar-refractivity contribution in [1.82, 2.24) is 20.2 Å². The van der Waals surface area contributed by atoms with Gasteiger partial charge in [-0.25, -0.2) is 5.43 Å². The molecule has 1 aromatic heterocycles. The lowest BCUT2D eigenvalue weighted by Gasteiger charge is -2.20. The van der Waals surface area contributed by atoms with Crippen LogP contribution in [0.4, 0.5) is 5.69 Å². The van der Waals surface area contributed by atoms with Crippen molar-refractivity contribution >= 4 is 29.6 Å². The Kier molecular flexibility index (Phi) is 9.58. The Hall–Kier alpha value is -4.31. The Bertz CT molecular complexity index is 1400. The minimum absolute atomic E-state index is 0.120. The van der Waals surface area contributed by atoms with Crippen LogP contribution in [-0.4, -0.2) is 59.9 Å². The Balaban J connectivity index is 1.46. The third-order valence-electron chi connectivity index (χ3n) is 6.05. The molecular formula is C29H32N6O3S. The van der Waals surface area contributed by atoms with Crippen molar-refractivity contribution in [1.29, 1.82) is 0 Å². The molecule has 10 heteroatoms. The summed E-state index contributed by atoms with van der Waals surface area (Å²) in [4.78, 5) is 14.8. The second-order valence-corrected chi connectivity index (χ2v) is 9.34. The van der Waals surface area contributed by atoms with Gasteiger partial charge in [-0.2, -0.15) is 5.10 Å². The molecule has 9 nitrogen and oxygen atoms in total. The summed E-state index contributed by atoms with van der Waals surface area (Å²) in [6.45, 7) is 6.16. The number of aromatic nitrogens is 3. The van der Waals surface area contributed by atoms with Crippen LogP contribution in [0.3, 0.4) is 0 Å². The van der Waals surface area contributed by atoms with Gasteiger partial charge in [0.25, 0.3) is 5.91 Å². The van der Waals surface area contributed by atoms with Gasteiger partial charge in [-0.3, -0.25) is 9.36 Å². The minimum atomic E-state index is -0.244. The molecule has 3 aromatic carbocycles. The van der Waals surface area contributed by atoms with Crippen molar-refractivity contribution in [2.24, 2.45) is 5.10 Å². The largest absolute Gasteiger partial charge is 0.493 e. The number of para-hydroxylation sites is 1. The quantitative estimate of drug-likeness (QED) is 0.152. The van der Waals surface area contributed by atoms with Crippen molar-refractivity contribution in [2.75, 3.05) is 38.0 Å². The van der Waals surface area contributed by atoms with Crippen molar-refractivity contribution < 1.29 is 14.3 Å². The van der Waals surface area contributed by atoms with E-state index in [-0.39, 0.29) is 11.7 Å². The van der Waals surface area contributed by atoms with E-state index in [1.165, 1.54) is 11.8 Å². The molecule has 0 aliphatic rings. The van der Waals surface area contributed by atoms with Gasteiger partial charge < -0.3 is 14.4 Å². The monoisotopic (exact) mass is 544 g/mol. The van der Waals surface area contributed by atoms with Gasteiger partial charge in [0.15, 0.2) is 22.5 Å². The molecule has 4 aromatic rings. The van der Waals surface area contributed by atoms with E-state index >= 15 is 0 Å². The van der Waals surface area contributed by atoms with Crippen LogP contribution in [0.2, 0.25) is 0 Å². The lowest BCUT2D eigenvalue weighted by molar-refractivity contribution is -0.118. The first-order chi connectivity index (χ1) is 19.1. The molecule has 39 heavy (non-hydrogen) atoms. The maximum absolute atomic E-state index is 12.6. The number of carbonyl (C=O) groups is 1. The Morgan fingerprint density at radius 3 is 2.36 bits per heavy atom. The molecule has 1 heterocycles. The molecule has 0 bridgehead atoms. The molecular weight excluding hydrogens is 512 g/mol. The number of nitrogens with one attached hydrogen (secondary N) is 1. The van der Waals surface area contributed by atoms with Crippen LogP contribution in [0.15, 0.2) is 83.1 Å². The van der Waals surface area contributed by atoms with Gasteiger partial charge in [-0.1, -0.05) is 42.1 Å². The number of anilines is 1. The number of thioether (sulfide) groups is 1. The Labute approximate surface area is 232 Å². The lowest BCUT2D eigenvalue weighted by Crippen LogP contribution is -2.21. The minimum Gasteiger partial charge on any atom is -0.493 e. The molecule has 202 valence electrons. The van der Waals surface area contributed by atoms with E-state index in [1.807, 2.05) is 65.2 Å². The van der Waals surface area contributed by atoms with E-state index < -0.39 is 0 Å². The molecule has 0 saturated carbocycles. The van der Waals surface area contributed by atoms with Gasteiger partial charge in [-0.05, 0) is 61.9 Å². The smallest absolute Gasteiger partial charge is 0.250 e. The highest BCUT2D eigenvalue weighted by Crippen LogP contribution is 2.34. The maximum atomic E-state index is 12.6. The first-order valence-corrected chi connectivity index (χ1v) is 13.6. The molecule has 0 atom stereocenters. The normalized spacial score (nSPS) is 11.0. The van der Waals surface area contributed by atoms with E-state index in [2.05, 4.69) is 51.6 Å². The first kappa shape index (κ1) is 27.7. The van der Waals surface area contributed by atoms with E-state index in [9.17, 15) is 4.79 Å². The fourth-order valence-electron chi connectivity index (χ4n) is 4.04. The van der Waals surface area contributed by atoms with E-state index in [4.69, 9.17) is 9.47 Å². The second kappa shape index (κ2) is 13.5. The molecule has 0 unspecified atom stereocenters. The van der Waals surface area contributed by atoms with Crippen molar-refractivity contribution in [2.45, 2.75) is 19.0 Å². The van der Waals surface area contributed by atoms with Crippen molar-refractivity contribution in [3.63, 3.8) is 0 Å². The number of ether oxygens (including phenoxy) is 2. The van der Waals surface area contributed by atoms with Crippen LogP contribution in [-0.2, 0) is 4.79 Å². The molecule has 0 aliphatic heterocycles. The summed E-state index contributed by atoms with van der Waals surface area (Å²) in [6.07, 6.45) is 1.64. The Morgan fingerprint density at radius 2 is 1.69 bits per heavy atom. The summed E-state index contributed by atoms with van der Waals surface area (Å²) in [5, 5.41) is 13.5. The second-order valence-electron chi connectivity index (χ2n) is 8.39. The van der Waals surface area contributed by atoms with Gasteiger partial charge in [0.05, 0.1) is 26.2 Å². The highest BCUT2D eigenvalue weighted by Gasteiger charge is 2.18. The van der Waals surface area contributed by atoms with E-state index in [0.29, 0.717) is 22.5 Å². The zero-order valence-corrected chi connectivity index (χ0v) is 23.3. The number of rotatable bonds is 12. The SMILES string of the molecule is CCN(CC)c1ccc(/C=N\NC(=O)CSc2nnc(-c3ccc(OC)c(OC)c3)n2-c2ccccc2)cc1. The summed E-state index contributed by atoms with van der Waals surface area (Å²) in [5.41, 5.74) is 6.34. The van der Waals surface area contributed by atoms with Crippen molar-refractivity contribution in [3.8, 4) is 28.6 Å². The van der Waals surface area contributed by atoms with Gasteiger partial charge in [0.2, 0.25) is 0 Å². The van der Waals surface area contributed by atoms with Crippen LogP contribution in [0.5, 0.6) is 11.5 Å². The summed E-state index contributed by atoms with van der Waals surface area (Å²) in [7, 11) is 3.18. The van der Waals surface area contributed by atoms with Crippen LogP contribution >= 0.6 is 11.8 Å². The number of carbonyl (C=O) groups excluding carboxylic acids is 1. The van der Waals surface area contributed by atoms with Gasteiger partial charge >= 0.3 is 0 Å². The molecule has 0 fully saturated rings. The fourth-order valence-corrected chi connectivity index (χ4v) is 4.78. The molecule has 1 N–H and O–H groups in total. The van der Waals surface area contributed by atoms with Crippen LogP contribution in [0.25, 0.3) is 17.1 Å². The van der Waals surface area contributed by atoms with Crippen LogP contribution < -0.4 is 19.8 Å². The number of benzene rings is 3.